The van der Waals surface area contributed by atoms with Gasteiger partial charge in [0.05, 0.1) is 11.4 Å². The first-order valence-corrected chi connectivity index (χ1v) is 7.07. The smallest absolute Gasteiger partial charge is 0.339 e. The van der Waals surface area contributed by atoms with Crippen molar-refractivity contribution in [2.45, 2.75) is 40.3 Å². The molecule has 0 amide bonds. The van der Waals surface area contributed by atoms with Crippen LogP contribution in [0.3, 0.4) is 0 Å². The minimum Gasteiger partial charge on any atom is -0.486 e. The van der Waals surface area contributed by atoms with Crippen LogP contribution in [0.5, 0.6) is 5.75 Å². The molecular formula is C16H20N2O3. The minimum atomic E-state index is -0.983. The monoisotopic (exact) mass is 288 g/mol. The topological polar surface area (TPSA) is 64.3 Å². The Morgan fingerprint density at radius 3 is 2.71 bits per heavy atom. The number of carboxylic acids is 1. The van der Waals surface area contributed by atoms with Gasteiger partial charge in [-0.2, -0.15) is 5.10 Å². The number of hydrogen-bond acceptors (Lipinski definition) is 3. The maximum Gasteiger partial charge on any atom is 0.339 e. The molecule has 0 atom stereocenters. The predicted octanol–water partition coefficient (Wildman–Crippen LogP) is 3.05. The molecule has 0 saturated carbocycles. The van der Waals surface area contributed by atoms with Gasteiger partial charge in [0.25, 0.3) is 0 Å². The highest BCUT2D eigenvalue weighted by Crippen LogP contribution is 2.22. The molecule has 21 heavy (non-hydrogen) atoms. The quantitative estimate of drug-likeness (QED) is 0.887. The van der Waals surface area contributed by atoms with Gasteiger partial charge in [-0.1, -0.05) is 13.0 Å². The number of aromatic carboxylic acids is 1. The lowest BCUT2D eigenvalue weighted by Crippen LogP contribution is -2.08. The summed E-state index contributed by atoms with van der Waals surface area (Å²) in [5.74, 6) is -0.590. The molecule has 0 unspecified atom stereocenters. The fourth-order valence-corrected chi connectivity index (χ4v) is 2.16. The van der Waals surface area contributed by atoms with Crippen LogP contribution in [0, 0.1) is 6.92 Å². The Bertz CT molecular complexity index is 647. The number of hydrogen-bond donors (Lipinski definition) is 1. The number of carboxylic acid groups (broad SMARTS) is 1. The van der Waals surface area contributed by atoms with E-state index in [0.717, 1.165) is 29.9 Å². The highest BCUT2D eigenvalue weighted by molar-refractivity contribution is 5.90. The molecule has 0 radical (unpaired) electrons. The normalized spacial score (nSPS) is 10.6. The van der Waals surface area contributed by atoms with E-state index in [0.29, 0.717) is 12.4 Å². The summed E-state index contributed by atoms with van der Waals surface area (Å²) in [6.07, 6.45) is 0.866. The van der Waals surface area contributed by atoms with Gasteiger partial charge in [-0.15, -0.1) is 0 Å². The summed E-state index contributed by atoms with van der Waals surface area (Å²) < 4.78 is 7.61. The molecule has 0 aliphatic heterocycles. The fraction of sp³-hybridized carbons (Fsp3) is 0.375. The van der Waals surface area contributed by atoms with E-state index in [9.17, 15) is 9.90 Å². The summed E-state index contributed by atoms with van der Waals surface area (Å²) >= 11 is 0. The molecule has 0 aliphatic rings. The zero-order valence-corrected chi connectivity index (χ0v) is 12.6. The molecule has 0 bridgehead atoms. The maximum atomic E-state index is 11.2. The van der Waals surface area contributed by atoms with Crippen LogP contribution in [0.4, 0.5) is 0 Å². The molecule has 0 aliphatic carbocycles. The zero-order chi connectivity index (χ0) is 15.4. The Morgan fingerprint density at radius 2 is 2.10 bits per heavy atom. The molecule has 2 aromatic rings. The van der Waals surface area contributed by atoms with E-state index in [2.05, 4.69) is 12.0 Å². The van der Waals surface area contributed by atoms with Gasteiger partial charge in [-0.3, -0.25) is 4.68 Å². The van der Waals surface area contributed by atoms with Crippen molar-refractivity contribution >= 4 is 5.97 Å². The van der Waals surface area contributed by atoms with Gasteiger partial charge in [0.2, 0.25) is 0 Å². The van der Waals surface area contributed by atoms with Crippen LogP contribution in [0.1, 0.15) is 41.2 Å². The molecule has 1 heterocycles. The van der Waals surface area contributed by atoms with Gasteiger partial charge in [-0.05, 0) is 44.0 Å². The molecule has 5 heteroatoms. The Balaban J connectivity index is 2.21. The van der Waals surface area contributed by atoms with Crippen molar-refractivity contribution in [1.29, 1.82) is 0 Å². The van der Waals surface area contributed by atoms with Crippen molar-refractivity contribution < 1.29 is 14.6 Å². The van der Waals surface area contributed by atoms with Crippen LogP contribution in [-0.4, -0.2) is 20.9 Å². The first kappa shape index (κ1) is 15.1. The molecule has 2 rings (SSSR count). The second-order valence-corrected chi connectivity index (χ2v) is 4.89. The molecule has 1 N–H and O–H groups in total. The molecule has 1 aromatic carbocycles. The zero-order valence-electron chi connectivity index (χ0n) is 12.6. The standard InChI is InChI=1S/C16H20N2O3/c1-4-12-9-13(18(5-2)17-12)10-21-15-8-11(3)6-7-14(15)16(19)20/h6-9H,4-5,10H2,1-3H3,(H,19,20). The number of benzene rings is 1. The molecule has 0 saturated heterocycles. The van der Waals surface area contributed by atoms with E-state index < -0.39 is 5.97 Å². The number of nitrogens with zero attached hydrogens (tertiary/aromatic N) is 2. The summed E-state index contributed by atoms with van der Waals surface area (Å²) in [5, 5.41) is 13.7. The van der Waals surface area contributed by atoms with E-state index in [-0.39, 0.29) is 5.56 Å². The second-order valence-electron chi connectivity index (χ2n) is 4.89. The Hall–Kier alpha value is -2.30. The van der Waals surface area contributed by atoms with E-state index >= 15 is 0 Å². The number of carbonyl (C=O) groups is 1. The predicted molar refractivity (Wildman–Crippen MR) is 79.7 cm³/mol. The van der Waals surface area contributed by atoms with Crippen molar-refractivity contribution in [3.05, 3.63) is 46.8 Å². The maximum absolute atomic E-state index is 11.2. The lowest BCUT2D eigenvalue weighted by atomic mass is 10.1. The minimum absolute atomic E-state index is 0.180. The number of aryl methyl sites for hydroxylation is 3. The van der Waals surface area contributed by atoms with Gasteiger partial charge in [0, 0.05) is 6.54 Å². The van der Waals surface area contributed by atoms with Gasteiger partial charge in [-0.25, -0.2) is 4.79 Å². The van der Waals surface area contributed by atoms with Gasteiger partial charge in [0.1, 0.15) is 17.9 Å². The lowest BCUT2D eigenvalue weighted by Gasteiger charge is -2.10. The summed E-state index contributed by atoms with van der Waals surface area (Å²) in [5.41, 5.74) is 3.11. The Kier molecular flexibility index (Phi) is 4.62. The first-order chi connectivity index (χ1) is 10.0. The lowest BCUT2D eigenvalue weighted by molar-refractivity contribution is 0.0691. The molecule has 0 fully saturated rings. The Labute approximate surface area is 124 Å². The fourth-order valence-electron chi connectivity index (χ4n) is 2.16. The number of aromatic nitrogens is 2. The second kappa shape index (κ2) is 6.43. The largest absolute Gasteiger partial charge is 0.486 e. The van der Waals surface area contributed by atoms with Crippen LogP contribution >= 0.6 is 0 Å². The average Bonchev–Trinajstić information content (AvgIpc) is 2.87. The highest BCUT2D eigenvalue weighted by atomic mass is 16.5. The highest BCUT2D eigenvalue weighted by Gasteiger charge is 2.13. The van der Waals surface area contributed by atoms with E-state index in [1.807, 2.05) is 24.6 Å². The van der Waals surface area contributed by atoms with Crippen molar-refractivity contribution in [1.82, 2.24) is 9.78 Å². The number of rotatable bonds is 6. The van der Waals surface area contributed by atoms with Crippen molar-refractivity contribution in [3.8, 4) is 5.75 Å². The van der Waals surface area contributed by atoms with Crippen LogP contribution in [0.15, 0.2) is 24.3 Å². The summed E-state index contributed by atoms with van der Waals surface area (Å²) in [6.45, 7) is 7.05. The third-order valence-corrected chi connectivity index (χ3v) is 3.32. The SMILES string of the molecule is CCc1cc(COc2cc(C)ccc2C(=O)O)n(CC)n1. The molecular weight excluding hydrogens is 268 g/mol. The number of ether oxygens (including phenoxy) is 1. The van der Waals surface area contributed by atoms with Crippen molar-refractivity contribution in [2.24, 2.45) is 0 Å². The van der Waals surface area contributed by atoms with Crippen molar-refractivity contribution in [3.63, 3.8) is 0 Å². The van der Waals surface area contributed by atoms with E-state index in [1.165, 1.54) is 0 Å². The third-order valence-electron chi connectivity index (χ3n) is 3.32. The van der Waals surface area contributed by atoms with E-state index in [1.54, 1.807) is 18.2 Å². The van der Waals surface area contributed by atoms with Gasteiger partial charge >= 0.3 is 5.97 Å². The summed E-state index contributed by atoms with van der Waals surface area (Å²) in [7, 11) is 0. The molecule has 112 valence electrons. The van der Waals surface area contributed by atoms with Crippen molar-refractivity contribution in [2.75, 3.05) is 0 Å². The first-order valence-electron chi connectivity index (χ1n) is 7.07. The van der Waals surface area contributed by atoms with Gasteiger partial charge < -0.3 is 9.84 Å². The Morgan fingerprint density at radius 1 is 1.33 bits per heavy atom. The van der Waals surface area contributed by atoms with E-state index in [4.69, 9.17) is 4.74 Å². The summed E-state index contributed by atoms with van der Waals surface area (Å²) in [6, 6.07) is 7.08. The third kappa shape index (κ3) is 3.42. The van der Waals surface area contributed by atoms with Crippen LogP contribution in [0.25, 0.3) is 0 Å². The summed E-state index contributed by atoms with van der Waals surface area (Å²) in [4.78, 5) is 11.2. The molecule has 0 spiro atoms. The van der Waals surface area contributed by atoms with Gasteiger partial charge in [0.15, 0.2) is 0 Å². The van der Waals surface area contributed by atoms with Crippen LogP contribution in [0.2, 0.25) is 0 Å². The molecule has 5 nitrogen and oxygen atoms in total. The average molecular weight is 288 g/mol. The molecule has 1 aromatic heterocycles. The van der Waals surface area contributed by atoms with Crippen LogP contribution < -0.4 is 4.74 Å². The van der Waals surface area contributed by atoms with Crippen LogP contribution in [-0.2, 0) is 19.6 Å².